The molecule has 1 fully saturated rings. The van der Waals surface area contributed by atoms with Crippen LogP contribution >= 0.6 is 11.8 Å². The van der Waals surface area contributed by atoms with Gasteiger partial charge in [0.25, 0.3) is 0 Å². The van der Waals surface area contributed by atoms with Crippen LogP contribution in [0.5, 0.6) is 0 Å². The number of piperidine rings is 1. The average molecular weight is 423 g/mol. The van der Waals surface area contributed by atoms with Crippen molar-refractivity contribution in [2.75, 3.05) is 23.3 Å². The molecule has 0 aliphatic carbocycles. The lowest BCUT2D eigenvalue weighted by atomic mass is 10.1. The minimum Gasteiger partial charge on any atom is -0.372 e. The second-order valence-corrected chi connectivity index (χ2v) is 8.75. The molecule has 30 heavy (non-hydrogen) atoms. The van der Waals surface area contributed by atoms with E-state index in [0.29, 0.717) is 5.16 Å². The number of thioether (sulfide) groups is 1. The van der Waals surface area contributed by atoms with E-state index >= 15 is 0 Å². The van der Waals surface area contributed by atoms with Crippen molar-refractivity contribution in [3.8, 4) is 11.4 Å². The van der Waals surface area contributed by atoms with E-state index in [1.807, 2.05) is 42.8 Å². The first-order chi connectivity index (χ1) is 14.6. The zero-order chi connectivity index (χ0) is 20.9. The Kier molecular flexibility index (Phi) is 6.32. The number of pyridine rings is 1. The van der Waals surface area contributed by atoms with Gasteiger partial charge in [0.15, 0.2) is 11.0 Å². The van der Waals surface area contributed by atoms with Crippen molar-refractivity contribution >= 4 is 29.0 Å². The Hall–Kier alpha value is -2.87. The molecule has 1 amide bonds. The summed E-state index contributed by atoms with van der Waals surface area (Å²) < 4.78 is 1.90. The summed E-state index contributed by atoms with van der Waals surface area (Å²) in [5, 5.41) is 11.9. The fourth-order valence-corrected chi connectivity index (χ4v) is 4.35. The van der Waals surface area contributed by atoms with Crippen molar-refractivity contribution < 1.29 is 4.79 Å². The van der Waals surface area contributed by atoms with Gasteiger partial charge in [0, 0.05) is 49.5 Å². The van der Waals surface area contributed by atoms with E-state index in [1.165, 1.54) is 36.7 Å². The lowest BCUT2D eigenvalue weighted by Gasteiger charge is -2.28. The molecule has 1 atom stereocenters. The Morgan fingerprint density at radius 1 is 1.03 bits per heavy atom. The number of rotatable bonds is 6. The summed E-state index contributed by atoms with van der Waals surface area (Å²) in [6.07, 6.45) is 7.26. The zero-order valence-electron chi connectivity index (χ0n) is 17.3. The van der Waals surface area contributed by atoms with Gasteiger partial charge in [-0.15, -0.1) is 10.2 Å². The van der Waals surface area contributed by atoms with E-state index in [1.54, 1.807) is 12.4 Å². The number of benzene rings is 1. The van der Waals surface area contributed by atoms with Gasteiger partial charge in [-0.2, -0.15) is 0 Å². The molecule has 0 bridgehead atoms. The summed E-state index contributed by atoms with van der Waals surface area (Å²) in [7, 11) is 1.90. The summed E-state index contributed by atoms with van der Waals surface area (Å²) >= 11 is 1.39. The third-order valence-electron chi connectivity index (χ3n) is 5.28. The number of carbonyl (C=O) groups is 1. The first kappa shape index (κ1) is 20.4. The highest BCUT2D eigenvalue weighted by molar-refractivity contribution is 8.00. The summed E-state index contributed by atoms with van der Waals surface area (Å²) in [6, 6.07) is 11.9. The smallest absolute Gasteiger partial charge is 0.237 e. The van der Waals surface area contributed by atoms with Crippen LogP contribution in [0.2, 0.25) is 0 Å². The number of nitrogens with zero attached hydrogens (tertiary/aromatic N) is 5. The quantitative estimate of drug-likeness (QED) is 0.606. The van der Waals surface area contributed by atoms with E-state index in [-0.39, 0.29) is 11.2 Å². The Labute approximate surface area is 180 Å². The molecule has 0 saturated carbocycles. The van der Waals surface area contributed by atoms with Crippen molar-refractivity contribution in [2.45, 2.75) is 36.6 Å². The topological polar surface area (TPSA) is 75.9 Å². The summed E-state index contributed by atoms with van der Waals surface area (Å²) in [5.74, 6) is 0.694. The predicted molar refractivity (Wildman–Crippen MR) is 121 cm³/mol. The van der Waals surface area contributed by atoms with Gasteiger partial charge in [-0.1, -0.05) is 11.8 Å². The molecule has 1 aliphatic rings. The number of carbonyl (C=O) groups excluding carboxylic acids is 1. The van der Waals surface area contributed by atoms with E-state index in [9.17, 15) is 4.79 Å². The van der Waals surface area contributed by atoms with Crippen LogP contribution in [0.4, 0.5) is 11.4 Å². The van der Waals surface area contributed by atoms with Crippen LogP contribution in [0.1, 0.15) is 26.2 Å². The van der Waals surface area contributed by atoms with Crippen molar-refractivity contribution in [1.82, 2.24) is 19.7 Å². The Balaban J connectivity index is 1.37. The van der Waals surface area contributed by atoms with Gasteiger partial charge >= 0.3 is 0 Å². The van der Waals surface area contributed by atoms with E-state index < -0.39 is 0 Å². The number of amides is 1. The molecular weight excluding hydrogens is 396 g/mol. The molecule has 1 aromatic carbocycles. The van der Waals surface area contributed by atoms with Crippen LogP contribution in [0, 0.1) is 0 Å². The number of nitrogens with one attached hydrogen (secondary N) is 1. The SMILES string of the molecule is CC(Sc1nnc(-c2ccncc2)n1C)C(=O)Nc1ccc(N2CCCCC2)cc1. The van der Waals surface area contributed by atoms with Crippen LogP contribution in [-0.2, 0) is 11.8 Å². The largest absolute Gasteiger partial charge is 0.372 e. The fraction of sp³-hybridized carbons (Fsp3) is 0.364. The summed E-state index contributed by atoms with van der Waals surface area (Å²) in [6.45, 7) is 4.10. The monoisotopic (exact) mass is 422 g/mol. The highest BCUT2D eigenvalue weighted by Gasteiger charge is 2.20. The Morgan fingerprint density at radius 2 is 1.73 bits per heavy atom. The van der Waals surface area contributed by atoms with Crippen LogP contribution in [0.25, 0.3) is 11.4 Å². The number of aromatic nitrogens is 4. The van der Waals surface area contributed by atoms with Crippen molar-refractivity contribution in [3.05, 3.63) is 48.8 Å². The van der Waals surface area contributed by atoms with Gasteiger partial charge in [0.2, 0.25) is 5.91 Å². The van der Waals surface area contributed by atoms with Crippen LogP contribution < -0.4 is 10.2 Å². The third kappa shape index (κ3) is 4.64. The van der Waals surface area contributed by atoms with Crippen molar-refractivity contribution in [3.63, 3.8) is 0 Å². The van der Waals surface area contributed by atoms with E-state index in [2.05, 4.69) is 37.5 Å². The molecular formula is C22H26N6OS. The van der Waals surface area contributed by atoms with Gasteiger partial charge in [0.05, 0.1) is 5.25 Å². The maximum Gasteiger partial charge on any atom is 0.237 e. The van der Waals surface area contributed by atoms with Crippen LogP contribution in [0.3, 0.4) is 0 Å². The summed E-state index contributed by atoms with van der Waals surface area (Å²) in [4.78, 5) is 19.1. The molecule has 3 heterocycles. The maximum atomic E-state index is 12.7. The lowest BCUT2D eigenvalue weighted by Crippen LogP contribution is -2.29. The maximum absolute atomic E-state index is 12.7. The molecule has 1 N–H and O–H groups in total. The van der Waals surface area contributed by atoms with Crippen LogP contribution in [-0.4, -0.2) is 44.0 Å². The van der Waals surface area contributed by atoms with E-state index in [0.717, 1.165) is 30.2 Å². The standard InChI is InChI=1S/C22H26N6OS/c1-16(30-22-26-25-20(27(22)2)17-10-12-23-13-11-17)21(29)24-18-6-8-19(9-7-18)28-14-4-3-5-15-28/h6-13,16H,3-5,14-15H2,1-2H3,(H,24,29). The highest BCUT2D eigenvalue weighted by atomic mass is 32.2. The highest BCUT2D eigenvalue weighted by Crippen LogP contribution is 2.27. The van der Waals surface area contributed by atoms with Gasteiger partial charge in [-0.05, 0) is 62.6 Å². The van der Waals surface area contributed by atoms with Crippen molar-refractivity contribution in [2.24, 2.45) is 7.05 Å². The summed E-state index contributed by atoms with van der Waals surface area (Å²) in [5.41, 5.74) is 2.97. The molecule has 0 spiro atoms. The van der Waals surface area contributed by atoms with Crippen LogP contribution in [0.15, 0.2) is 53.9 Å². The molecule has 3 aromatic rings. The molecule has 2 aromatic heterocycles. The fourth-order valence-electron chi connectivity index (χ4n) is 3.53. The Morgan fingerprint density at radius 3 is 2.43 bits per heavy atom. The predicted octanol–water partition coefficient (Wildman–Crippen LogP) is 3.99. The Bertz CT molecular complexity index is 983. The molecule has 8 heteroatoms. The lowest BCUT2D eigenvalue weighted by molar-refractivity contribution is -0.115. The molecule has 1 saturated heterocycles. The second-order valence-electron chi connectivity index (χ2n) is 7.44. The molecule has 1 unspecified atom stereocenters. The molecule has 0 radical (unpaired) electrons. The number of hydrogen-bond acceptors (Lipinski definition) is 6. The normalized spacial score (nSPS) is 15.1. The molecule has 1 aliphatic heterocycles. The average Bonchev–Trinajstić information content (AvgIpc) is 3.15. The minimum atomic E-state index is -0.306. The van der Waals surface area contributed by atoms with E-state index in [4.69, 9.17) is 0 Å². The number of anilines is 2. The second kappa shape index (κ2) is 9.30. The van der Waals surface area contributed by atoms with Crippen molar-refractivity contribution in [1.29, 1.82) is 0 Å². The first-order valence-electron chi connectivity index (χ1n) is 10.2. The zero-order valence-corrected chi connectivity index (χ0v) is 18.1. The number of hydrogen-bond donors (Lipinski definition) is 1. The first-order valence-corrected chi connectivity index (χ1v) is 11.1. The van der Waals surface area contributed by atoms with Gasteiger partial charge < -0.3 is 14.8 Å². The van der Waals surface area contributed by atoms with Gasteiger partial charge in [-0.3, -0.25) is 9.78 Å². The van der Waals surface area contributed by atoms with Gasteiger partial charge in [-0.25, -0.2) is 0 Å². The minimum absolute atomic E-state index is 0.0563. The van der Waals surface area contributed by atoms with Gasteiger partial charge in [0.1, 0.15) is 0 Å². The molecule has 156 valence electrons. The third-order valence-corrected chi connectivity index (χ3v) is 6.41. The molecule has 4 rings (SSSR count). The molecule has 7 nitrogen and oxygen atoms in total.